The van der Waals surface area contributed by atoms with Crippen LogP contribution in [0.5, 0.6) is 0 Å². The van der Waals surface area contributed by atoms with Crippen molar-refractivity contribution in [3.05, 3.63) is 0 Å². The molecular weight excluding hydrogens is 298 g/mol. The Morgan fingerprint density at radius 3 is 2.22 bits per heavy atom. The number of carbonyl (C=O) groups is 1. The van der Waals surface area contributed by atoms with Crippen LogP contribution >= 0.6 is 0 Å². The fourth-order valence-electron chi connectivity index (χ4n) is 2.94. The van der Waals surface area contributed by atoms with Crippen molar-refractivity contribution in [1.29, 1.82) is 0 Å². The molecule has 5 atom stereocenters. The molecule has 0 bridgehead atoms. The summed E-state index contributed by atoms with van der Waals surface area (Å²) < 4.78 is 0. The number of aliphatic hydroxyl groups excluding tert-OH is 2. The number of hydrogen-bond donors (Lipinski definition) is 4. The molecule has 0 aromatic carbocycles. The monoisotopic (exact) mass is 333 g/mol. The van der Waals surface area contributed by atoms with Crippen molar-refractivity contribution in [2.24, 2.45) is 11.8 Å². The zero-order valence-electron chi connectivity index (χ0n) is 15.2. The first-order valence-corrected chi connectivity index (χ1v) is 8.49. The van der Waals surface area contributed by atoms with Crippen molar-refractivity contribution >= 4 is 5.97 Å². The van der Waals surface area contributed by atoms with Gasteiger partial charge in [0.25, 0.3) is 0 Å². The van der Waals surface area contributed by atoms with Crippen LogP contribution in [-0.2, 0) is 4.79 Å². The molecule has 6 heteroatoms. The van der Waals surface area contributed by atoms with Crippen molar-refractivity contribution in [2.45, 2.75) is 71.2 Å². The van der Waals surface area contributed by atoms with Crippen molar-refractivity contribution in [2.75, 3.05) is 20.1 Å². The largest absolute Gasteiger partial charge is 0.481 e. The summed E-state index contributed by atoms with van der Waals surface area (Å²) in [4.78, 5) is 12.6. The van der Waals surface area contributed by atoms with E-state index in [4.69, 9.17) is 5.11 Å². The number of aliphatic carboxylic acids is 1. The molecular formula is C17H35NO5. The minimum Gasteiger partial charge on any atom is -0.481 e. The Bertz CT molecular complexity index is 348. The first kappa shape index (κ1) is 22.3. The van der Waals surface area contributed by atoms with Crippen molar-refractivity contribution < 1.29 is 25.2 Å². The minimum absolute atomic E-state index is 0.109. The molecule has 0 heterocycles. The molecule has 0 aromatic rings. The maximum absolute atomic E-state index is 10.8. The molecule has 4 N–H and O–H groups in total. The highest BCUT2D eigenvalue weighted by molar-refractivity contribution is 5.69. The minimum atomic E-state index is -1.13. The van der Waals surface area contributed by atoms with E-state index >= 15 is 0 Å². The molecule has 0 spiro atoms. The topological polar surface area (TPSA) is 101 Å². The lowest BCUT2D eigenvalue weighted by molar-refractivity contribution is -0.141. The highest BCUT2D eigenvalue weighted by atomic mass is 16.4. The van der Waals surface area contributed by atoms with Crippen LogP contribution in [0.1, 0.15) is 53.4 Å². The summed E-state index contributed by atoms with van der Waals surface area (Å²) in [6.07, 6.45) is 0.904. The summed E-state index contributed by atoms with van der Waals surface area (Å²) in [5.41, 5.74) is -1.13. The maximum atomic E-state index is 10.8. The van der Waals surface area contributed by atoms with E-state index in [1.165, 1.54) is 0 Å². The van der Waals surface area contributed by atoms with E-state index in [0.717, 1.165) is 6.42 Å². The predicted octanol–water partition coefficient (Wildman–Crippen LogP) is 1.33. The fourth-order valence-corrected chi connectivity index (χ4v) is 2.94. The second kappa shape index (κ2) is 10.2. The summed E-state index contributed by atoms with van der Waals surface area (Å²) in [6, 6.07) is 0. The number of carboxylic acids is 1. The summed E-state index contributed by atoms with van der Waals surface area (Å²) in [7, 11) is 1.79. The number of nitrogens with zero attached hydrogens (tertiary/aromatic N) is 1. The van der Waals surface area contributed by atoms with Gasteiger partial charge in [-0.05, 0) is 39.2 Å². The van der Waals surface area contributed by atoms with Crippen LogP contribution in [0.4, 0.5) is 0 Å². The van der Waals surface area contributed by atoms with E-state index in [-0.39, 0.29) is 12.5 Å². The van der Waals surface area contributed by atoms with E-state index in [0.29, 0.717) is 25.8 Å². The average molecular weight is 333 g/mol. The van der Waals surface area contributed by atoms with Gasteiger partial charge in [-0.2, -0.15) is 0 Å². The Morgan fingerprint density at radius 2 is 1.74 bits per heavy atom. The molecule has 0 fully saturated rings. The second-order valence-electron chi connectivity index (χ2n) is 7.31. The first-order valence-electron chi connectivity index (χ1n) is 8.49. The molecule has 0 rings (SSSR count). The summed E-state index contributed by atoms with van der Waals surface area (Å²) >= 11 is 0. The van der Waals surface area contributed by atoms with Crippen molar-refractivity contribution in [3.8, 4) is 0 Å². The Morgan fingerprint density at radius 1 is 1.17 bits per heavy atom. The van der Waals surface area contributed by atoms with Crippen LogP contribution in [0.15, 0.2) is 0 Å². The summed E-state index contributed by atoms with van der Waals surface area (Å²) in [6.45, 7) is 7.84. The van der Waals surface area contributed by atoms with Crippen LogP contribution in [0.2, 0.25) is 0 Å². The maximum Gasteiger partial charge on any atom is 0.306 e. The van der Waals surface area contributed by atoms with Crippen LogP contribution in [-0.4, -0.2) is 69.2 Å². The van der Waals surface area contributed by atoms with Crippen molar-refractivity contribution in [1.82, 2.24) is 4.90 Å². The standard InChI is InChI=1S/C17H35NO5/c1-6-7-17(4,23)15(20)11-18(5)10-14(19)9-12(2)8-13(3)16(21)22/h12-15,19-20,23H,6-11H2,1-5H3,(H,21,22)/t12-,13?,14?,15?,17?/m0/s1. The Kier molecular flexibility index (Phi) is 9.93. The van der Waals surface area contributed by atoms with Gasteiger partial charge in [0.15, 0.2) is 0 Å². The summed E-state index contributed by atoms with van der Waals surface area (Å²) in [5.74, 6) is -1.12. The average Bonchev–Trinajstić information content (AvgIpc) is 2.37. The number of rotatable bonds is 12. The summed E-state index contributed by atoms with van der Waals surface area (Å²) in [5, 5.41) is 39.3. The highest BCUT2D eigenvalue weighted by Gasteiger charge is 2.30. The molecule has 0 saturated heterocycles. The molecule has 23 heavy (non-hydrogen) atoms. The zero-order chi connectivity index (χ0) is 18.2. The van der Waals surface area contributed by atoms with Gasteiger partial charge >= 0.3 is 5.97 Å². The van der Waals surface area contributed by atoms with Gasteiger partial charge in [-0.3, -0.25) is 4.79 Å². The van der Waals surface area contributed by atoms with Gasteiger partial charge in [0.05, 0.1) is 23.7 Å². The molecule has 6 nitrogen and oxygen atoms in total. The van der Waals surface area contributed by atoms with Gasteiger partial charge < -0.3 is 25.3 Å². The van der Waals surface area contributed by atoms with Crippen LogP contribution in [0.25, 0.3) is 0 Å². The smallest absolute Gasteiger partial charge is 0.306 e. The van der Waals surface area contributed by atoms with Crippen molar-refractivity contribution in [3.63, 3.8) is 0 Å². The molecule has 0 amide bonds. The molecule has 0 aromatic heterocycles. The molecule has 0 aliphatic rings. The van der Waals surface area contributed by atoms with Gasteiger partial charge in [-0.15, -0.1) is 0 Å². The number of hydrogen-bond acceptors (Lipinski definition) is 5. The molecule has 0 radical (unpaired) electrons. The SMILES string of the molecule is CCCC(C)(O)C(O)CN(C)CC(O)C[C@@H](C)CC(C)C(=O)O. The Labute approximate surface area is 140 Å². The van der Waals surface area contributed by atoms with E-state index in [9.17, 15) is 20.1 Å². The number of aliphatic hydroxyl groups is 3. The molecule has 0 aliphatic heterocycles. The van der Waals surface area contributed by atoms with E-state index in [2.05, 4.69) is 0 Å². The Hall–Kier alpha value is -0.690. The lowest BCUT2D eigenvalue weighted by atomic mass is 9.92. The normalized spacial score (nSPS) is 19.9. The third-order valence-corrected chi connectivity index (χ3v) is 4.33. The third-order valence-electron chi connectivity index (χ3n) is 4.33. The second-order valence-corrected chi connectivity index (χ2v) is 7.31. The molecule has 0 aliphatic carbocycles. The molecule has 4 unspecified atom stereocenters. The number of likely N-dealkylation sites (N-methyl/N-ethyl adjacent to an activating group) is 1. The zero-order valence-corrected chi connectivity index (χ0v) is 15.2. The fraction of sp³-hybridized carbons (Fsp3) is 0.941. The van der Waals surface area contributed by atoms with E-state index in [1.807, 2.05) is 13.8 Å². The van der Waals surface area contributed by atoms with E-state index in [1.54, 1.807) is 25.8 Å². The van der Waals surface area contributed by atoms with Crippen LogP contribution < -0.4 is 0 Å². The van der Waals surface area contributed by atoms with Gasteiger partial charge in [0.2, 0.25) is 0 Å². The molecule has 138 valence electrons. The van der Waals surface area contributed by atoms with Gasteiger partial charge in [0.1, 0.15) is 0 Å². The van der Waals surface area contributed by atoms with Crippen LogP contribution in [0.3, 0.4) is 0 Å². The van der Waals surface area contributed by atoms with Crippen LogP contribution in [0, 0.1) is 11.8 Å². The van der Waals surface area contributed by atoms with Gasteiger partial charge in [-0.1, -0.05) is 27.2 Å². The predicted molar refractivity (Wildman–Crippen MR) is 90.2 cm³/mol. The molecule has 0 saturated carbocycles. The van der Waals surface area contributed by atoms with E-state index < -0.39 is 29.7 Å². The highest BCUT2D eigenvalue weighted by Crippen LogP contribution is 2.19. The lowest BCUT2D eigenvalue weighted by Gasteiger charge is -2.32. The lowest BCUT2D eigenvalue weighted by Crippen LogP contribution is -2.47. The third kappa shape index (κ3) is 9.25. The van der Waals surface area contributed by atoms with Gasteiger partial charge in [0, 0.05) is 13.1 Å². The quantitative estimate of drug-likeness (QED) is 0.430. The number of carboxylic acid groups (broad SMARTS) is 1. The van der Waals surface area contributed by atoms with Gasteiger partial charge in [-0.25, -0.2) is 0 Å². The Balaban J connectivity index is 4.24. The first-order chi connectivity index (χ1) is 10.5.